The summed E-state index contributed by atoms with van der Waals surface area (Å²) in [4.78, 5) is 6.42. The minimum Gasteiger partial charge on any atom is -0.140 e. The fourth-order valence-electron chi connectivity index (χ4n) is 5.85. The van der Waals surface area contributed by atoms with Crippen LogP contribution in [-0.4, -0.2) is 0 Å². The summed E-state index contributed by atoms with van der Waals surface area (Å²) >= 11 is 4.21. The molecular weight excluding hydrogens is 376 g/mol. The van der Waals surface area contributed by atoms with Gasteiger partial charge in [0.05, 0.1) is 0 Å². The number of allylic oxidation sites excluding steroid dienone is 2. The topological polar surface area (TPSA) is 0 Å². The quantitative estimate of drug-likeness (QED) is 0.443. The van der Waals surface area contributed by atoms with Crippen LogP contribution >= 0.6 is 22.7 Å². The van der Waals surface area contributed by atoms with E-state index in [0.717, 1.165) is 0 Å². The van der Waals surface area contributed by atoms with E-state index in [-0.39, 0.29) is 10.8 Å². The lowest BCUT2D eigenvalue weighted by molar-refractivity contribution is 0.522. The van der Waals surface area contributed by atoms with Crippen molar-refractivity contribution in [3.05, 3.63) is 42.8 Å². The molecule has 2 aliphatic rings. The molecule has 2 aliphatic carbocycles. The van der Waals surface area contributed by atoms with Gasteiger partial charge in [-0.15, -0.1) is 22.7 Å². The molecule has 0 spiro atoms. The molecule has 0 fully saturated rings. The number of thiophene rings is 2. The Hall–Kier alpha value is -0.860. The summed E-state index contributed by atoms with van der Waals surface area (Å²) in [5.74, 6) is 1.23. The molecule has 4 rings (SSSR count). The first-order valence-corrected chi connectivity index (χ1v) is 13.0. The third kappa shape index (κ3) is 2.34. The molecule has 0 saturated heterocycles. The van der Waals surface area contributed by atoms with Gasteiger partial charge in [0.1, 0.15) is 0 Å². The zero-order valence-electron chi connectivity index (χ0n) is 19.0. The normalized spacial score (nSPS) is 18.9. The predicted molar refractivity (Wildman–Crippen MR) is 128 cm³/mol. The first-order chi connectivity index (χ1) is 13.3. The van der Waals surface area contributed by atoms with E-state index in [1.165, 1.54) is 25.7 Å². The Morgan fingerprint density at radius 3 is 1.21 bits per heavy atom. The summed E-state index contributed by atoms with van der Waals surface area (Å²) in [6, 6.07) is 5.17. The van der Waals surface area contributed by atoms with Crippen molar-refractivity contribution in [2.24, 2.45) is 0 Å². The molecule has 2 heteroatoms. The van der Waals surface area contributed by atoms with Crippen molar-refractivity contribution in [2.45, 2.75) is 104 Å². The Morgan fingerprint density at radius 2 is 0.964 bits per heavy atom. The van der Waals surface area contributed by atoms with Crippen LogP contribution in [-0.2, 0) is 10.8 Å². The Bertz CT molecular complexity index is 848. The molecule has 0 atom stereocenters. The predicted octanol–water partition coefficient (Wildman–Crippen LogP) is 9.11. The second kappa shape index (κ2) is 6.84. The van der Waals surface area contributed by atoms with Crippen molar-refractivity contribution in [3.63, 3.8) is 0 Å². The maximum atomic E-state index is 2.59. The van der Waals surface area contributed by atoms with E-state index < -0.39 is 0 Å². The molecule has 2 aromatic heterocycles. The van der Waals surface area contributed by atoms with Gasteiger partial charge in [-0.05, 0) is 71.9 Å². The van der Waals surface area contributed by atoms with Crippen molar-refractivity contribution in [3.8, 4) is 0 Å². The highest BCUT2D eigenvalue weighted by Gasteiger charge is 2.56. The van der Waals surface area contributed by atoms with Gasteiger partial charge < -0.3 is 0 Å². The molecule has 0 saturated carbocycles. The molecule has 0 bridgehead atoms. The average molecular weight is 413 g/mol. The Morgan fingerprint density at radius 1 is 0.643 bits per heavy atom. The molecule has 0 aromatic carbocycles. The first kappa shape index (κ1) is 20.4. The van der Waals surface area contributed by atoms with Gasteiger partial charge >= 0.3 is 0 Å². The number of hydrogen-bond donors (Lipinski definition) is 0. The third-order valence-corrected chi connectivity index (χ3v) is 10.7. The highest BCUT2D eigenvalue weighted by atomic mass is 32.1. The second-order valence-corrected chi connectivity index (χ2v) is 11.6. The lowest BCUT2D eigenvalue weighted by Crippen LogP contribution is -2.24. The summed E-state index contributed by atoms with van der Waals surface area (Å²) in [5, 5.41) is 0. The fourth-order valence-corrected chi connectivity index (χ4v) is 8.67. The molecule has 0 N–H and O–H groups in total. The van der Waals surface area contributed by atoms with Gasteiger partial charge in [0.25, 0.3) is 0 Å². The Kier molecular flexibility index (Phi) is 4.99. The second-order valence-electron chi connectivity index (χ2n) is 9.42. The van der Waals surface area contributed by atoms with E-state index >= 15 is 0 Å². The molecular formula is C26H36S2. The molecule has 0 aliphatic heterocycles. The largest absolute Gasteiger partial charge is 0.140 e. The van der Waals surface area contributed by atoms with Gasteiger partial charge in [-0.1, -0.05) is 55.4 Å². The summed E-state index contributed by atoms with van der Waals surface area (Å²) in [6.45, 7) is 19.1. The van der Waals surface area contributed by atoms with Gasteiger partial charge in [-0.25, -0.2) is 0 Å². The number of rotatable bonds is 6. The van der Waals surface area contributed by atoms with E-state index in [4.69, 9.17) is 0 Å². The Balaban J connectivity index is 2.08. The summed E-state index contributed by atoms with van der Waals surface area (Å²) in [5.41, 5.74) is 7.21. The molecule has 0 nitrogen and oxygen atoms in total. The zero-order chi connectivity index (χ0) is 20.4. The van der Waals surface area contributed by atoms with Gasteiger partial charge in [0.15, 0.2) is 0 Å². The highest BCUT2D eigenvalue weighted by Crippen LogP contribution is 2.69. The van der Waals surface area contributed by atoms with Gasteiger partial charge in [0.2, 0.25) is 0 Å². The van der Waals surface area contributed by atoms with Crippen LogP contribution < -0.4 is 0 Å². The fraction of sp³-hybridized carbons (Fsp3) is 0.615. The third-order valence-electron chi connectivity index (χ3n) is 7.75. The molecule has 0 amide bonds. The van der Waals surface area contributed by atoms with Crippen LogP contribution in [0.3, 0.4) is 0 Å². The number of fused-ring (bicyclic) bond motifs is 4. The van der Waals surface area contributed by atoms with Gasteiger partial charge in [0, 0.05) is 30.3 Å². The summed E-state index contributed by atoms with van der Waals surface area (Å²) in [6.07, 6.45) is 4.84. The van der Waals surface area contributed by atoms with Crippen molar-refractivity contribution >= 4 is 33.8 Å². The van der Waals surface area contributed by atoms with Crippen LogP contribution in [0.2, 0.25) is 0 Å². The molecule has 28 heavy (non-hydrogen) atoms. The van der Waals surface area contributed by atoms with Crippen molar-refractivity contribution in [1.29, 1.82) is 0 Å². The lowest BCUT2D eigenvalue weighted by atomic mass is 9.72. The maximum absolute atomic E-state index is 2.59. The van der Waals surface area contributed by atoms with Crippen LogP contribution in [0.1, 0.15) is 124 Å². The molecule has 152 valence electrons. The van der Waals surface area contributed by atoms with Crippen molar-refractivity contribution in [1.82, 2.24) is 0 Å². The number of hydrogen-bond acceptors (Lipinski definition) is 2. The maximum Gasteiger partial charge on any atom is 0.0359 e. The average Bonchev–Trinajstić information content (AvgIpc) is 3.38. The monoisotopic (exact) mass is 412 g/mol. The van der Waals surface area contributed by atoms with Crippen molar-refractivity contribution < 1.29 is 0 Å². The van der Waals surface area contributed by atoms with E-state index in [1.54, 1.807) is 41.8 Å². The minimum absolute atomic E-state index is 0.217. The highest BCUT2D eigenvalue weighted by molar-refractivity contribution is 7.15. The van der Waals surface area contributed by atoms with E-state index in [2.05, 4.69) is 90.2 Å². The smallest absolute Gasteiger partial charge is 0.0359 e. The van der Waals surface area contributed by atoms with E-state index in [1.807, 2.05) is 0 Å². The molecule has 0 unspecified atom stereocenters. The van der Waals surface area contributed by atoms with Crippen LogP contribution in [0.25, 0.3) is 11.1 Å². The van der Waals surface area contributed by atoms with Crippen LogP contribution in [0, 0.1) is 0 Å². The molecule has 2 aromatic rings. The van der Waals surface area contributed by atoms with Gasteiger partial charge in [-0.2, -0.15) is 0 Å². The van der Waals surface area contributed by atoms with E-state index in [0.29, 0.717) is 11.8 Å². The van der Waals surface area contributed by atoms with Crippen LogP contribution in [0.4, 0.5) is 0 Å². The minimum atomic E-state index is 0.217. The zero-order valence-corrected chi connectivity index (χ0v) is 20.6. The van der Waals surface area contributed by atoms with Gasteiger partial charge in [-0.3, -0.25) is 0 Å². The summed E-state index contributed by atoms with van der Waals surface area (Å²) in [7, 11) is 0. The van der Waals surface area contributed by atoms with Crippen LogP contribution in [0.15, 0.2) is 12.1 Å². The molecule has 2 heterocycles. The van der Waals surface area contributed by atoms with Crippen molar-refractivity contribution in [2.75, 3.05) is 0 Å². The summed E-state index contributed by atoms with van der Waals surface area (Å²) < 4.78 is 0. The SMILES string of the molecule is CCC1(CC)C2=C(c3sc(C(C)C)cc31)C(CC)(CC)c1cc(C(C)C)sc12. The standard InChI is InChI=1S/C26H36S2/c1-9-25(10-2)17-13-19(15(5)6)27-23(17)22-21(25)24-18(26(22,11-3)12-4)14-20(28-24)16(7)8/h13-16H,9-12H2,1-8H3. The lowest BCUT2D eigenvalue weighted by Gasteiger charge is -2.31. The molecule has 0 radical (unpaired) electrons. The first-order valence-electron chi connectivity index (χ1n) is 11.4. The Labute approximate surface area is 180 Å². The van der Waals surface area contributed by atoms with Crippen LogP contribution in [0.5, 0.6) is 0 Å². The van der Waals surface area contributed by atoms with E-state index in [9.17, 15) is 0 Å².